The molecule has 0 heterocycles. The van der Waals surface area contributed by atoms with E-state index in [2.05, 4.69) is 30.1 Å². The lowest BCUT2D eigenvalue weighted by molar-refractivity contribution is -0.789. The normalized spacial score (nSPS) is 13.4. The number of hydrogen-bond donors (Lipinski definition) is 1. The molecule has 0 fully saturated rings. The molecule has 0 rings (SSSR count). The molecule has 1 N–H and O–H groups in total. The molecule has 0 aromatic heterocycles. The zero-order valence-electron chi connectivity index (χ0n) is 6.18. The predicted octanol–water partition coefficient (Wildman–Crippen LogP) is 0.932. The van der Waals surface area contributed by atoms with Crippen molar-refractivity contribution in [2.24, 2.45) is 0 Å². The van der Waals surface area contributed by atoms with Crippen LogP contribution in [0.1, 0.15) is 20.3 Å². The first-order chi connectivity index (χ1) is 5.31. The maximum atomic E-state index is 7.50. The van der Waals surface area contributed by atoms with Crippen molar-refractivity contribution in [3.8, 4) is 0 Å². The monoisotopic (exact) mass is 170 g/mol. The summed E-state index contributed by atoms with van der Waals surface area (Å²) in [5, 5.41) is 25.1. The lowest BCUT2D eigenvalue weighted by Crippen LogP contribution is -2.08. The Hall–Kier alpha value is -0.280. The van der Waals surface area contributed by atoms with Crippen LogP contribution < -0.4 is 0 Å². The van der Waals surface area contributed by atoms with Crippen LogP contribution in [0.2, 0.25) is 0 Å². The molecule has 7 heteroatoms. The standard InChI is InChI=1S/C4H10O7/c1-3-4(2)6-8-10-11-9-7-5/h4-5H,3H2,1-2H3/t4-/m0/s1. The maximum absolute atomic E-state index is 7.50. The molecular weight excluding hydrogens is 160 g/mol. The molecule has 0 aromatic rings. The smallest absolute Gasteiger partial charge is 0.0931 e. The average Bonchev–Trinajstić information content (AvgIpc) is 2.04. The Labute approximate surface area is 62.9 Å². The molecule has 0 aromatic carbocycles. The molecule has 1 atom stereocenters. The molecule has 7 nitrogen and oxygen atoms in total. The minimum Gasteiger partial charge on any atom is -0.219 e. The van der Waals surface area contributed by atoms with Gasteiger partial charge in [-0.15, -0.1) is 0 Å². The summed E-state index contributed by atoms with van der Waals surface area (Å²) in [4.78, 5) is 4.47. The average molecular weight is 170 g/mol. The molecule has 0 saturated heterocycles. The van der Waals surface area contributed by atoms with Gasteiger partial charge in [-0.25, -0.2) is 10.1 Å². The minimum absolute atomic E-state index is 0.131. The van der Waals surface area contributed by atoms with Crippen molar-refractivity contribution in [1.29, 1.82) is 0 Å². The van der Waals surface area contributed by atoms with Crippen LogP contribution in [0.4, 0.5) is 0 Å². The quantitative estimate of drug-likeness (QED) is 0.346. The van der Waals surface area contributed by atoms with Crippen LogP contribution in [0.15, 0.2) is 0 Å². The molecule has 0 unspecified atom stereocenters. The number of hydrogen-bond acceptors (Lipinski definition) is 7. The summed E-state index contributed by atoms with van der Waals surface area (Å²) in [6, 6.07) is 0. The van der Waals surface area contributed by atoms with E-state index in [1.165, 1.54) is 0 Å². The van der Waals surface area contributed by atoms with E-state index >= 15 is 0 Å². The van der Waals surface area contributed by atoms with Gasteiger partial charge in [0.1, 0.15) is 0 Å². The highest BCUT2D eigenvalue weighted by atomic mass is 17.9. The summed E-state index contributed by atoms with van der Waals surface area (Å²) in [6.07, 6.45) is 0.620. The molecule has 0 saturated carbocycles. The van der Waals surface area contributed by atoms with E-state index in [1.54, 1.807) is 6.92 Å². The fourth-order valence-electron chi connectivity index (χ4n) is 0.186. The zero-order valence-corrected chi connectivity index (χ0v) is 6.18. The van der Waals surface area contributed by atoms with Crippen LogP contribution in [0.25, 0.3) is 0 Å². The Morgan fingerprint density at radius 2 is 1.82 bits per heavy atom. The Morgan fingerprint density at radius 3 is 2.36 bits per heavy atom. The molecule has 0 aliphatic carbocycles. The van der Waals surface area contributed by atoms with E-state index < -0.39 is 0 Å². The molecule has 0 aliphatic rings. The van der Waals surface area contributed by atoms with Crippen LogP contribution in [-0.4, -0.2) is 11.4 Å². The van der Waals surface area contributed by atoms with Gasteiger partial charge in [-0.3, -0.25) is 0 Å². The first-order valence-corrected chi connectivity index (χ1v) is 2.94. The molecule has 0 spiro atoms. The first kappa shape index (κ1) is 10.7. The molecule has 0 radical (unpaired) electrons. The van der Waals surface area contributed by atoms with Gasteiger partial charge in [0.05, 0.1) is 6.10 Å². The Morgan fingerprint density at radius 1 is 1.18 bits per heavy atom. The third kappa shape index (κ3) is 7.62. The van der Waals surface area contributed by atoms with Gasteiger partial charge < -0.3 is 0 Å². The van der Waals surface area contributed by atoms with Gasteiger partial charge in [0, 0.05) is 0 Å². The Kier molecular flexibility index (Phi) is 7.62. The van der Waals surface area contributed by atoms with Gasteiger partial charge >= 0.3 is 0 Å². The van der Waals surface area contributed by atoms with Gasteiger partial charge in [-0.2, -0.15) is 0 Å². The van der Waals surface area contributed by atoms with E-state index in [0.29, 0.717) is 0 Å². The van der Waals surface area contributed by atoms with Gasteiger partial charge in [0.25, 0.3) is 0 Å². The van der Waals surface area contributed by atoms with E-state index in [4.69, 9.17) is 5.26 Å². The molecular formula is C4H10O7. The highest BCUT2D eigenvalue weighted by Crippen LogP contribution is 1.96. The lowest BCUT2D eigenvalue weighted by Gasteiger charge is -2.04. The van der Waals surface area contributed by atoms with E-state index in [1.807, 2.05) is 6.92 Å². The molecule has 0 bridgehead atoms. The van der Waals surface area contributed by atoms with Crippen molar-refractivity contribution >= 4 is 0 Å². The van der Waals surface area contributed by atoms with E-state index in [0.717, 1.165) is 6.42 Å². The third-order valence-electron chi connectivity index (χ3n) is 0.892. The fourth-order valence-corrected chi connectivity index (χ4v) is 0.186. The SMILES string of the molecule is CC[C@H](C)OOOOOOO. The summed E-state index contributed by atoms with van der Waals surface area (Å²) in [5.74, 6) is 0. The second-order valence-corrected chi connectivity index (χ2v) is 1.66. The number of rotatable bonds is 7. The third-order valence-corrected chi connectivity index (χ3v) is 0.892. The summed E-state index contributed by atoms with van der Waals surface area (Å²) in [5.41, 5.74) is 0. The summed E-state index contributed by atoms with van der Waals surface area (Å²) in [6.45, 7) is 3.65. The van der Waals surface area contributed by atoms with Crippen molar-refractivity contribution in [1.82, 2.24) is 0 Å². The Bertz CT molecular complexity index is 76.8. The first-order valence-electron chi connectivity index (χ1n) is 2.94. The molecule has 0 aliphatic heterocycles. The van der Waals surface area contributed by atoms with Crippen molar-refractivity contribution in [3.05, 3.63) is 0 Å². The fraction of sp³-hybridized carbons (Fsp3) is 1.00. The van der Waals surface area contributed by atoms with Crippen LogP contribution in [-0.2, 0) is 30.1 Å². The van der Waals surface area contributed by atoms with E-state index in [9.17, 15) is 0 Å². The maximum Gasteiger partial charge on any atom is 0.0931 e. The second kappa shape index (κ2) is 7.82. The van der Waals surface area contributed by atoms with Gasteiger partial charge in [-0.1, -0.05) is 6.92 Å². The van der Waals surface area contributed by atoms with Crippen LogP contribution in [0.3, 0.4) is 0 Å². The van der Waals surface area contributed by atoms with Crippen molar-refractivity contribution in [3.63, 3.8) is 0 Å². The minimum atomic E-state index is -0.131. The van der Waals surface area contributed by atoms with Gasteiger partial charge in [0.15, 0.2) is 0 Å². The van der Waals surface area contributed by atoms with Crippen LogP contribution in [0.5, 0.6) is 0 Å². The molecule has 68 valence electrons. The summed E-state index contributed by atoms with van der Waals surface area (Å²) in [7, 11) is 0. The highest BCUT2D eigenvalue weighted by Gasteiger charge is 1.99. The highest BCUT2D eigenvalue weighted by molar-refractivity contribution is 4.37. The molecule has 11 heavy (non-hydrogen) atoms. The molecule has 0 amide bonds. The van der Waals surface area contributed by atoms with Crippen LogP contribution >= 0.6 is 0 Å². The van der Waals surface area contributed by atoms with Crippen LogP contribution in [0, 0.1) is 0 Å². The van der Waals surface area contributed by atoms with Gasteiger partial charge in [0.2, 0.25) is 0 Å². The van der Waals surface area contributed by atoms with Crippen molar-refractivity contribution < 1.29 is 35.3 Å². The zero-order chi connectivity index (χ0) is 8.53. The largest absolute Gasteiger partial charge is 0.219 e. The topological polar surface area (TPSA) is 75.6 Å². The summed E-state index contributed by atoms with van der Waals surface area (Å²) < 4.78 is 0. The Balaban J connectivity index is 2.89. The van der Waals surface area contributed by atoms with Crippen molar-refractivity contribution in [2.45, 2.75) is 26.4 Å². The lowest BCUT2D eigenvalue weighted by atomic mass is 10.3. The second-order valence-electron chi connectivity index (χ2n) is 1.66. The van der Waals surface area contributed by atoms with Crippen molar-refractivity contribution in [2.75, 3.05) is 0 Å². The summed E-state index contributed by atoms with van der Waals surface area (Å²) >= 11 is 0. The van der Waals surface area contributed by atoms with Gasteiger partial charge in [-0.05, 0) is 38.5 Å². The predicted molar refractivity (Wildman–Crippen MR) is 28.9 cm³/mol. The van der Waals surface area contributed by atoms with E-state index in [-0.39, 0.29) is 6.10 Å².